The average Bonchev–Trinajstić information content (AvgIpc) is 2.70. The fourth-order valence-corrected chi connectivity index (χ4v) is 5.11. The third-order valence-corrected chi connectivity index (χ3v) is 6.98. The number of benzene rings is 1. The molecule has 1 nitrogen and oxygen atoms in total. The molecule has 3 heteroatoms. The first kappa shape index (κ1) is 20.5. The summed E-state index contributed by atoms with van der Waals surface area (Å²) in [7, 11) is 1.46. The van der Waals surface area contributed by atoms with Crippen molar-refractivity contribution in [3.8, 4) is 0 Å². The molecule has 2 saturated carbocycles. The molecule has 150 valence electrons. The van der Waals surface area contributed by atoms with Crippen molar-refractivity contribution in [1.82, 2.24) is 0 Å². The predicted molar refractivity (Wildman–Crippen MR) is 107 cm³/mol. The van der Waals surface area contributed by atoms with Gasteiger partial charge in [-0.15, -0.1) is 6.58 Å². The highest BCUT2D eigenvalue weighted by Crippen LogP contribution is 2.40. The Morgan fingerprint density at radius 1 is 0.926 bits per heavy atom. The van der Waals surface area contributed by atoms with E-state index in [2.05, 4.69) is 12.7 Å². The quantitative estimate of drug-likeness (QED) is 0.459. The Morgan fingerprint density at radius 2 is 1.44 bits per heavy atom. The van der Waals surface area contributed by atoms with Gasteiger partial charge in [-0.1, -0.05) is 18.9 Å². The number of rotatable bonds is 7. The minimum atomic E-state index is -0.468. The van der Waals surface area contributed by atoms with Crippen LogP contribution in [-0.2, 0) is 11.3 Å². The fourth-order valence-electron chi connectivity index (χ4n) is 5.11. The average molecular weight is 377 g/mol. The van der Waals surface area contributed by atoms with Gasteiger partial charge in [0.1, 0.15) is 11.6 Å². The summed E-state index contributed by atoms with van der Waals surface area (Å²) in [6.07, 6.45) is 14.6. The van der Waals surface area contributed by atoms with Gasteiger partial charge in [0.2, 0.25) is 0 Å². The molecule has 2 fully saturated rings. The zero-order valence-corrected chi connectivity index (χ0v) is 16.7. The molecule has 0 atom stereocenters. The molecule has 0 bridgehead atoms. The van der Waals surface area contributed by atoms with Crippen LogP contribution < -0.4 is 0 Å². The highest BCUT2D eigenvalue weighted by atomic mass is 19.1. The molecule has 0 aromatic heterocycles. The van der Waals surface area contributed by atoms with Crippen LogP contribution >= 0.6 is 0 Å². The molecular weight excluding hydrogens is 342 g/mol. The van der Waals surface area contributed by atoms with Gasteiger partial charge in [-0.25, -0.2) is 8.78 Å². The summed E-state index contributed by atoms with van der Waals surface area (Å²) in [5, 5.41) is 0. The van der Waals surface area contributed by atoms with Crippen LogP contribution in [0.3, 0.4) is 0 Å². The van der Waals surface area contributed by atoms with Crippen LogP contribution in [0.15, 0.2) is 24.8 Å². The second-order valence-electron chi connectivity index (χ2n) is 8.71. The monoisotopic (exact) mass is 376 g/mol. The number of hydrogen-bond acceptors (Lipinski definition) is 1. The molecule has 0 saturated heterocycles. The number of allylic oxidation sites excluding steroid dienone is 1. The van der Waals surface area contributed by atoms with E-state index in [-0.39, 0.29) is 12.2 Å². The van der Waals surface area contributed by atoms with Crippen molar-refractivity contribution >= 4 is 0 Å². The van der Waals surface area contributed by atoms with E-state index in [1.54, 1.807) is 0 Å². The summed E-state index contributed by atoms with van der Waals surface area (Å²) in [5.41, 5.74) is 0.868. The predicted octanol–water partition coefficient (Wildman–Crippen LogP) is 7.16. The summed E-state index contributed by atoms with van der Waals surface area (Å²) in [5.74, 6) is 1.79. The molecule has 0 aliphatic heterocycles. The molecule has 0 unspecified atom stereocenters. The summed E-state index contributed by atoms with van der Waals surface area (Å²) >= 11 is 0. The van der Waals surface area contributed by atoms with Gasteiger partial charge >= 0.3 is 0 Å². The summed E-state index contributed by atoms with van der Waals surface area (Å²) < 4.78 is 33.3. The lowest BCUT2D eigenvalue weighted by Gasteiger charge is -2.31. The Kier molecular flexibility index (Phi) is 7.46. The fraction of sp³-hybridized carbons (Fsp3) is 0.667. The maximum absolute atomic E-state index is 14.2. The van der Waals surface area contributed by atoms with Gasteiger partial charge in [-0.3, -0.25) is 0 Å². The Bertz CT molecular complexity index is 588. The van der Waals surface area contributed by atoms with Crippen molar-refractivity contribution < 1.29 is 13.5 Å². The van der Waals surface area contributed by atoms with Crippen molar-refractivity contribution in [2.75, 3.05) is 7.11 Å². The lowest BCUT2D eigenvalue weighted by molar-refractivity contribution is 0.177. The van der Waals surface area contributed by atoms with E-state index in [0.717, 1.165) is 36.2 Å². The Labute approximate surface area is 163 Å². The van der Waals surface area contributed by atoms with Gasteiger partial charge in [0.05, 0.1) is 6.61 Å². The molecule has 0 amide bonds. The molecular formula is C24H34F2O. The molecule has 0 N–H and O–H groups in total. The van der Waals surface area contributed by atoms with Crippen LogP contribution in [0.2, 0.25) is 0 Å². The lowest BCUT2D eigenvalue weighted by atomic mass is 9.74. The molecule has 3 rings (SSSR count). The number of ether oxygens (including phenoxy) is 1. The third kappa shape index (κ3) is 5.40. The normalized spacial score (nSPS) is 28.9. The molecule has 0 radical (unpaired) electrons. The van der Waals surface area contributed by atoms with Crippen molar-refractivity contribution in [2.24, 2.45) is 17.8 Å². The number of methoxy groups -OCH3 is 1. The van der Waals surface area contributed by atoms with E-state index in [0.29, 0.717) is 5.92 Å². The second kappa shape index (κ2) is 9.82. The van der Waals surface area contributed by atoms with E-state index in [4.69, 9.17) is 4.74 Å². The molecule has 2 aliphatic carbocycles. The van der Waals surface area contributed by atoms with Gasteiger partial charge in [0, 0.05) is 12.7 Å². The largest absolute Gasteiger partial charge is 0.380 e. The first-order valence-corrected chi connectivity index (χ1v) is 10.7. The van der Waals surface area contributed by atoms with Crippen molar-refractivity contribution in [3.05, 3.63) is 47.5 Å². The van der Waals surface area contributed by atoms with E-state index >= 15 is 0 Å². The minimum absolute atomic E-state index is 0.0145. The van der Waals surface area contributed by atoms with Crippen LogP contribution in [-0.4, -0.2) is 7.11 Å². The van der Waals surface area contributed by atoms with Crippen LogP contribution in [0, 0.1) is 29.4 Å². The summed E-state index contributed by atoms with van der Waals surface area (Å²) in [4.78, 5) is 0. The topological polar surface area (TPSA) is 9.23 Å². The summed E-state index contributed by atoms with van der Waals surface area (Å²) in [6.45, 7) is 3.92. The van der Waals surface area contributed by atoms with Crippen LogP contribution in [0.25, 0.3) is 0 Å². The number of halogens is 2. The lowest BCUT2D eigenvalue weighted by Crippen LogP contribution is -2.17. The van der Waals surface area contributed by atoms with Gasteiger partial charge < -0.3 is 4.74 Å². The highest BCUT2D eigenvalue weighted by Gasteiger charge is 2.26. The minimum Gasteiger partial charge on any atom is -0.380 e. The van der Waals surface area contributed by atoms with Crippen molar-refractivity contribution in [1.29, 1.82) is 0 Å². The second-order valence-corrected chi connectivity index (χ2v) is 8.71. The molecule has 1 aromatic carbocycles. The highest BCUT2D eigenvalue weighted by molar-refractivity contribution is 5.28. The Morgan fingerprint density at radius 3 is 1.93 bits per heavy atom. The van der Waals surface area contributed by atoms with E-state index in [1.807, 2.05) is 0 Å². The maximum Gasteiger partial charge on any atom is 0.131 e. The van der Waals surface area contributed by atoms with Gasteiger partial charge in [0.25, 0.3) is 0 Å². The van der Waals surface area contributed by atoms with Crippen LogP contribution in [0.1, 0.15) is 81.3 Å². The molecule has 0 spiro atoms. The summed E-state index contributed by atoms with van der Waals surface area (Å²) in [6, 6.07) is 3.06. The maximum atomic E-state index is 14.2. The van der Waals surface area contributed by atoms with E-state index in [1.165, 1.54) is 70.6 Å². The van der Waals surface area contributed by atoms with Gasteiger partial charge in [-0.05, 0) is 92.7 Å². The van der Waals surface area contributed by atoms with Crippen LogP contribution in [0.5, 0.6) is 0 Å². The smallest absolute Gasteiger partial charge is 0.131 e. The van der Waals surface area contributed by atoms with Gasteiger partial charge in [0.15, 0.2) is 0 Å². The first-order valence-electron chi connectivity index (χ1n) is 10.7. The molecule has 27 heavy (non-hydrogen) atoms. The van der Waals surface area contributed by atoms with E-state index < -0.39 is 11.6 Å². The Balaban J connectivity index is 1.46. The molecule has 1 aromatic rings. The number of hydrogen-bond donors (Lipinski definition) is 0. The molecule has 0 heterocycles. The molecule has 2 aliphatic rings. The zero-order valence-electron chi connectivity index (χ0n) is 16.7. The van der Waals surface area contributed by atoms with E-state index in [9.17, 15) is 8.78 Å². The van der Waals surface area contributed by atoms with Crippen molar-refractivity contribution in [3.63, 3.8) is 0 Å². The Hall–Kier alpha value is -1.22. The first-order chi connectivity index (χ1) is 13.1. The van der Waals surface area contributed by atoms with Gasteiger partial charge in [-0.2, -0.15) is 0 Å². The zero-order chi connectivity index (χ0) is 19.2. The van der Waals surface area contributed by atoms with Crippen LogP contribution in [0.4, 0.5) is 8.78 Å². The standard InChI is InChI=1S/C24H34F2O/c1-3-17-4-6-18(7-5-17)8-9-19-10-12-20(13-11-19)21-14-23(25)22(16-27-2)24(26)15-21/h3,14-15,17-20H,1,4-13,16H2,2H3/t17-,18-,19?,20?. The van der Waals surface area contributed by atoms with Crippen molar-refractivity contribution in [2.45, 2.75) is 76.7 Å². The SMILES string of the molecule is C=C[C@H]1CC[C@H](CCC2CCC(c3cc(F)c(COC)c(F)c3)CC2)CC1. The third-order valence-electron chi connectivity index (χ3n) is 6.98.